The van der Waals surface area contributed by atoms with Gasteiger partial charge in [-0.15, -0.1) is 0 Å². The zero-order chi connectivity index (χ0) is 25.0. The van der Waals surface area contributed by atoms with Crippen molar-refractivity contribution in [2.45, 2.75) is 63.7 Å². The summed E-state index contributed by atoms with van der Waals surface area (Å²) in [5.41, 5.74) is 5.67. The molecule has 0 aromatic heterocycles. The van der Waals surface area contributed by atoms with Crippen LogP contribution in [-0.4, -0.2) is 86.8 Å². The lowest BCUT2D eigenvalue weighted by molar-refractivity contribution is -0.144. The molecule has 4 atom stereocenters. The first kappa shape index (κ1) is 28.7. The standard InChI is InChI=1S/C18H30N4O10/c1-8(2)14(19)17(30)22-11(7-23)16(29)20-9(3-5-12(24)25)15(28)21-10(18(31)32)4-6-13(26)27/h8-11,14,23H,3-7,19H2,1-2H3,(H,20,29)(H,21,28)(H,22,30)(H,24,25)(H,26,27)(H,31,32). The highest BCUT2D eigenvalue weighted by atomic mass is 16.4. The van der Waals surface area contributed by atoms with E-state index in [0.717, 1.165) is 0 Å². The van der Waals surface area contributed by atoms with Gasteiger partial charge in [0.1, 0.15) is 18.1 Å². The fraction of sp³-hybridized carbons (Fsp3) is 0.667. The molecule has 0 heterocycles. The molecule has 32 heavy (non-hydrogen) atoms. The van der Waals surface area contributed by atoms with Crippen LogP contribution >= 0.6 is 0 Å². The Labute approximate surface area is 183 Å². The van der Waals surface area contributed by atoms with Crippen LogP contribution in [0.15, 0.2) is 0 Å². The van der Waals surface area contributed by atoms with Crippen LogP contribution in [0.4, 0.5) is 0 Å². The molecule has 3 amide bonds. The van der Waals surface area contributed by atoms with Crippen LogP contribution in [0.5, 0.6) is 0 Å². The molecule has 4 unspecified atom stereocenters. The molecule has 0 rings (SSSR count). The molecule has 0 saturated heterocycles. The molecule has 0 spiro atoms. The molecular formula is C18H30N4O10. The highest BCUT2D eigenvalue weighted by Gasteiger charge is 2.31. The zero-order valence-corrected chi connectivity index (χ0v) is 17.7. The van der Waals surface area contributed by atoms with E-state index in [1.807, 2.05) is 0 Å². The average Bonchev–Trinajstić information content (AvgIpc) is 2.70. The lowest BCUT2D eigenvalue weighted by Gasteiger charge is -2.24. The summed E-state index contributed by atoms with van der Waals surface area (Å²) in [6, 6.07) is -5.61. The second-order valence-electron chi connectivity index (χ2n) is 7.34. The van der Waals surface area contributed by atoms with Crippen LogP contribution < -0.4 is 21.7 Å². The number of aliphatic carboxylic acids is 3. The number of hydrogen-bond acceptors (Lipinski definition) is 8. The van der Waals surface area contributed by atoms with Crippen LogP contribution in [0, 0.1) is 5.92 Å². The Morgan fingerprint density at radius 3 is 1.53 bits per heavy atom. The van der Waals surface area contributed by atoms with Gasteiger partial charge in [0.15, 0.2) is 0 Å². The number of carbonyl (C=O) groups is 6. The fourth-order valence-corrected chi connectivity index (χ4v) is 2.37. The van der Waals surface area contributed by atoms with Crippen LogP contribution in [0.2, 0.25) is 0 Å². The molecule has 0 aromatic carbocycles. The van der Waals surface area contributed by atoms with E-state index in [0.29, 0.717) is 0 Å². The van der Waals surface area contributed by atoms with Gasteiger partial charge in [-0.3, -0.25) is 24.0 Å². The van der Waals surface area contributed by atoms with Gasteiger partial charge >= 0.3 is 17.9 Å². The molecule has 0 aliphatic carbocycles. The maximum atomic E-state index is 12.5. The Kier molecular flexibility index (Phi) is 12.5. The lowest BCUT2D eigenvalue weighted by Crippen LogP contribution is -2.58. The predicted octanol–water partition coefficient (Wildman–Crippen LogP) is -2.77. The van der Waals surface area contributed by atoms with Crippen molar-refractivity contribution in [2.75, 3.05) is 6.61 Å². The average molecular weight is 462 g/mol. The number of nitrogens with two attached hydrogens (primary N) is 1. The first-order chi connectivity index (χ1) is 14.8. The minimum absolute atomic E-state index is 0.273. The third-order valence-corrected chi connectivity index (χ3v) is 4.38. The Hall–Kier alpha value is -3.26. The molecule has 9 N–H and O–H groups in total. The van der Waals surface area contributed by atoms with Gasteiger partial charge in [-0.2, -0.15) is 0 Å². The third-order valence-electron chi connectivity index (χ3n) is 4.38. The number of aliphatic hydroxyl groups is 1. The Bertz CT molecular complexity index is 712. The van der Waals surface area contributed by atoms with Crippen molar-refractivity contribution in [3.8, 4) is 0 Å². The number of aliphatic hydroxyl groups excluding tert-OH is 1. The van der Waals surface area contributed by atoms with Crippen molar-refractivity contribution in [2.24, 2.45) is 11.7 Å². The quantitative estimate of drug-likeness (QED) is 0.124. The molecule has 0 radical (unpaired) electrons. The summed E-state index contributed by atoms with van der Waals surface area (Å²) in [7, 11) is 0. The third kappa shape index (κ3) is 10.7. The Morgan fingerprint density at radius 2 is 1.12 bits per heavy atom. The fourth-order valence-electron chi connectivity index (χ4n) is 2.37. The minimum atomic E-state index is -1.60. The van der Waals surface area contributed by atoms with E-state index >= 15 is 0 Å². The SMILES string of the molecule is CC(C)C(N)C(=O)NC(CO)C(=O)NC(CCC(=O)O)C(=O)NC(CCC(=O)O)C(=O)O. The highest BCUT2D eigenvalue weighted by Crippen LogP contribution is 2.04. The first-order valence-electron chi connectivity index (χ1n) is 9.74. The van der Waals surface area contributed by atoms with E-state index in [9.17, 15) is 33.9 Å². The van der Waals surface area contributed by atoms with Crippen LogP contribution in [-0.2, 0) is 28.8 Å². The van der Waals surface area contributed by atoms with Gasteiger partial charge in [0.2, 0.25) is 17.7 Å². The van der Waals surface area contributed by atoms with Gasteiger partial charge in [0, 0.05) is 12.8 Å². The van der Waals surface area contributed by atoms with E-state index in [1.54, 1.807) is 13.8 Å². The minimum Gasteiger partial charge on any atom is -0.481 e. The van der Waals surface area contributed by atoms with Crippen molar-refractivity contribution in [3.05, 3.63) is 0 Å². The van der Waals surface area contributed by atoms with E-state index in [4.69, 9.17) is 21.1 Å². The molecule has 182 valence electrons. The van der Waals surface area contributed by atoms with Gasteiger partial charge in [0.25, 0.3) is 0 Å². The van der Waals surface area contributed by atoms with Crippen molar-refractivity contribution in [1.82, 2.24) is 16.0 Å². The molecular weight excluding hydrogens is 432 g/mol. The summed E-state index contributed by atoms with van der Waals surface area (Å²) in [5.74, 6) is -7.22. The Balaban J connectivity index is 5.37. The smallest absolute Gasteiger partial charge is 0.326 e. The van der Waals surface area contributed by atoms with Gasteiger partial charge in [-0.25, -0.2) is 4.79 Å². The lowest BCUT2D eigenvalue weighted by atomic mass is 10.0. The summed E-state index contributed by atoms with van der Waals surface area (Å²) >= 11 is 0. The number of rotatable bonds is 15. The molecule has 0 aliphatic heterocycles. The summed E-state index contributed by atoms with van der Waals surface area (Å²) in [5, 5.41) is 42.6. The second-order valence-corrected chi connectivity index (χ2v) is 7.34. The number of carboxylic acids is 3. The first-order valence-corrected chi connectivity index (χ1v) is 9.74. The monoisotopic (exact) mass is 462 g/mol. The van der Waals surface area contributed by atoms with E-state index < -0.39 is 92.1 Å². The van der Waals surface area contributed by atoms with E-state index in [2.05, 4.69) is 16.0 Å². The zero-order valence-electron chi connectivity index (χ0n) is 17.7. The molecule has 0 saturated carbocycles. The molecule has 0 aliphatic rings. The Morgan fingerprint density at radius 1 is 0.719 bits per heavy atom. The van der Waals surface area contributed by atoms with Gasteiger partial charge in [-0.1, -0.05) is 13.8 Å². The number of amides is 3. The number of nitrogens with one attached hydrogen (secondary N) is 3. The van der Waals surface area contributed by atoms with Gasteiger partial charge in [0.05, 0.1) is 12.6 Å². The van der Waals surface area contributed by atoms with Crippen LogP contribution in [0.1, 0.15) is 39.5 Å². The second kappa shape index (κ2) is 13.9. The van der Waals surface area contributed by atoms with Gasteiger partial charge in [-0.05, 0) is 18.8 Å². The largest absolute Gasteiger partial charge is 0.481 e. The van der Waals surface area contributed by atoms with Crippen molar-refractivity contribution < 1.29 is 49.2 Å². The maximum Gasteiger partial charge on any atom is 0.326 e. The van der Waals surface area contributed by atoms with E-state index in [1.165, 1.54) is 0 Å². The number of carbonyl (C=O) groups excluding carboxylic acids is 3. The van der Waals surface area contributed by atoms with Gasteiger partial charge < -0.3 is 42.1 Å². The van der Waals surface area contributed by atoms with Crippen molar-refractivity contribution in [3.63, 3.8) is 0 Å². The molecule has 0 fully saturated rings. The summed E-state index contributed by atoms with van der Waals surface area (Å²) in [6.45, 7) is 2.47. The summed E-state index contributed by atoms with van der Waals surface area (Å²) < 4.78 is 0. The molecule has 14 heteroatoms. The maximum absolute atomic E-state index is 12.5. The normalized spacial score (nSPS) is 14.5. The van der Waals surface area contributed by atoms with Crippen molar-refractivity contribution in [1.29, 1.82) is 0 Å². The van der Waals surface area contributed by atoms with Crippen molar-refractivity contribution >= 4 is 35.6 Å². The molecule has 0 bridgehead atoms. The molecule has 0 aromatic rings. The number of hydrogen-bond donors (Lipinski definition) is 8. The number of carboxylic acid groups (broad SMARTS) is 3. The van der Waals surface area contributed by atoms with Crippen LogP contribution in [0.25, 0.3) is 0 Å². The molecule has 14 nitrogen and oxygen atoms in total. The van der Waals surface area contributed by atoms with Crippen LogP contribution in [0.3, 0.4) is 0 Å². The summed E-state index contributed by atoms with van der Waals surface area (Å²) in [6.07, 6.45) is -2.01. The predicted molar refractivity (Wildman–Crippen MR) is 107 cm³/mol. The van der Waals surface area contributed by atoms with E-state index in [-0.39, 0.29) is 5.92 Å². The summed E-state index contributed by atoms with van der Waals surface area (Å²) in [4.78, 5) is 69.8. The topological polar surface area (TPSA) is 245 Å². The highest BCUT2D eigenvalue weighted by molar-refractivity contribution is 5.94.